The van der Waals surface area contributed by atoms with E-state index in [1.54, 1.807) is 0 Å². The van der Waals surface area contributed by atoms with Gasteiger partial charge in [0.1, 0.15) is 13.2 Å². The van der Waals surface area contributed by atoms with E-state index in [4.69, 9.17) is 18.9 Å². The van der Waals surface area contributed by atoms with Crippen molar-refractivity contribution in [1.82, 2.24) is 0 Å². The summed E-state index contributed by atoms with van der Waals surface area (Å²) in [6, 6.07) is 0. The molecule has 0 aromatic rings. The van der Waals surface area contributed by atoms with E-state index >= 15 is 0 Å². The summed E-state index contributed by atoms with van der Waals surface area (Å²) in [7, 11) is 5.94. The number of allylic oxidation sites excluding steroid dienone is 12. The van der Waals surface area contributed by atoms with Crippen LogP contribution >= 0.6 is 0 Å². The fraction of sp³-hybridized carbons (Fsp3) is 0.758. The second kappa shape index (κ2) is 53.0. The first-order valence-corrected chi connectivity index (χ1v) is 29.1. The Labute approximate surface area is 437 Å². The number of esters is 2. The molecule has 0 aliphatic heterocycles. The molecule has 71 heavy (non-hydrogen) atoms. The molecule has 0 aliphatic rings. The van der Waals surface area contributed by atoms with Gasteiger partial charge >= 0.3 is 17.9 Å². The molecule has 0 amide bonds. The molecular formula is C62H110NO8+. The summed E-state index contributed by atoms with van der Waals surface area (Å²) < 4.78 is 22.7. The van der Waals surface area contributed by atoms with Crippen LogP contribution in [0, 0.1) is 0 Å². The Morgan fingerprint density at radius 1 is 0.437 bits per heavy atom. The molecule has 0 saturated heterocycles. The van der Waals surface area contributed by atoms with Crippen molar-refractivity contribution in [3.8, 4) is 0 Å². The fourth-order valence-electron chi connectivity index (χ4n) is 8.00. The molecule has 0 aliphatic carbocycles. The maximum absolute atomic E-state index is 12.8. The Hall–Kier alpha value is -3.27. The first kappa shape index (κ1) is 67.7. The number of hydrogen-bond donors (Lipinski definition) is 1. The lowest BCUT2D eigenvalue weighted by molar-refractivity contribution is -0.870. The third-order valence-corrected chi connectivity index (χ3v) is 12.5. The van der Waals surface area contributed by atoms with E-state index in [9.17, 15) is 19.5 Å². The minimum absolute atomic E-state index is 0.138. The summed E-state index contributed by atoms with van der Waals surface area (Å²) >= 11 is 0. The molecule has 2 atom stereocenters. The van der Waals surface area contributed by atoms with Gasteiger partial charge in [0, 0.05) is 12.8 Å². The van der Waals surface area contributed by atoms with Crippen LogP contribution in [0.1, 0.15) is 245 Å². The lowest BCUT2D eigenvalue weighted by Gasteiger charge is -2.25. The van der Waals surface area contributed by atoms with Gasteiger partial charge in [-0.05, 0) is 70.6 Å². The number of nitrogens with zero attached hydrogens (tertiary/aromatic N) is 1. The predicted octanol–water partition coefficient (Wildman–Crippen LogP) is 17.0. The van der Waals surface area contributed by atoms with Crippen molar-refractivity contribution < 1.29 is 42.9 Å². The van der Waals surface area contributed by atoms with Gasteiger partial charge in [0.2, 0.25) is 0 Å². The van der Waals surface area contributed by atoms with Gasteiger partial charge in [-0.2, -0.15) is 0 Å². The van der Waals surface area contributed by atoms with Crippen LogP contribution in [0.2, 0.25) is 0 Å². The summed E-state index contributed by atoms with van der Waals surface area (Å²) in [6.07, 6.45) is 66.0. The third-order valence-electron chi connectivity index (χ3n) is 12.5. The molecule has 0 bridgehead atoms. The normalized spacial score (nSPS) is 13.3. The van der Waals surface area contributed by atoms with Crippen LogP contribution < -0.4 is 0 Å². The Bertz CT molecular complexity index is 1390. The van der Waals surface area contributed by atoms with Crippen LogP contribution in [0.5, 0.6) is 0 Å². The van der Waals surface area contributed by atoms with E-state index in [-0.39, 0.29) is 38.6 Å². The average Bonchev–Trinajstić information content (AvgIpc) is 3.34. The topological polar surface area (TPSA) is 108 Å². The van der Waals surface area contributed by atoms with E-state index in [1.807, 2.05) is 33.3 Å². The minimum Gasteiger partial charge on any atom is -0.477 e. The van der Waals surface area contributed by atoms with Crippen LogP contribution in [0.25, 0.3) is 0 Å². The van der Waals surface area contributed by atoms with Gasteiger partial charge in [0.15, 0.2) is 6.10 Å². The summed E-state index contributed by atoms with van der Waals surface area (Å²) in [5, 5.41) is 9.67. The number of carboxylic acids is 1. The van der Waals surface area contributed by atoms with E-state index in [0.717, 1.165) is 51.4 Å². The Balaban J connectivity index is 4.07. The number of carbonyl (C=O) groups excluding carboxylic acids is 2. The van der Waals surface area contributed by atoms with Crippen LogP contribution in [0.15, 0.2) is 72.9 Å². The molecule has 0 spiro atoms. The van der Waals surface area contributed by atoms with E-state index < -0.39 is 24.3 Å². The number of likely N-dealkylation sites (N-methyl/N-ethyl adjacent to an activating group) is 1. The number of hydrogen-bond acceptors (Lipinski definition) is 7. The highest BCUT2D eigenvalue weighted by atomic mass is 16.7. The van der Waals surface area contributed by atoms with Crippen molar-refractivity contribution in [3.05, 3.63) is 72.9 Å². The van der Waals surface area contributed by atoms with Crippen molar-refractivity contribution in [2.24, 2.45) is 0 Å². The summed E-state index contributed by atoms with van der Waals surface area (Å²) in [5.41, 5.74) is 0. The molecule has 0 heterocycles. The van der Waals surface area contributed by atoms with Gasteiger partial charge < -0.3 is 28.5 Å². The van der Waals surface area contributed by atoms with Crippen molar-refractivity contribution in [2.45, 2.75) is 257 Å². The maximum atomic E-state index is 12.8. The van der Waals surface area contributed by atoms with Crippen molar-refractivity contribution >= 4 is 17.9 Å². The smallest absolute Gasteiger partial charge is 0.361 e. The molecule has 410 valence electrons. The van der Waals surface area contributed by atoms with Gasteiger partial charge in [0.05, 0.1) is 34.4 Å². The lowest BCUT2D eigenvalue weighted by Crippen LogP contribution is -2.40. The second-order valence-corrected chi connectivity index (χ2v) is 20.6. The number of carbonyl (C=O) groups is 3. The highest BCUT2D eigenvalue weighted by molar-refractivity contribution is 5.71. The zero-order valence-electron chi connectivity index (χ0n) is 46.6. The highest BCUT2D eigenvalue weighted by Crippen LogP contribution is 2.16. The molecule has 9 nitrogen and oxygen atoms in total. The van der Waals surface area contributed by atoms with E-state index in [1.165, 1.54) is 161 Å². The molecule has 1 N–H and O–H groups in total. The number of unbranched alkanes of at least 4 members (excludes halogenated alkanes) is 26. The number of rotatable bonds is 53. The molecule has 9 heteroatoms. The van der Waals surface area contributed by atoms with E-state index in [0.29, 0.717) is 17.4 Å². The Morgan fingerprint density at radius 3 is 1.25 bits per heavy atom. The number of ether oxygens (including phenoxy) is 4. The number of aliphatic carboxylic acids is 1. The molecule has 0 fully saturated rings. The zero-order valence-corrected chi connectivity index (χ0v) is 46.6. The van der Waals surface area contributed by atoms with Crippen molar-refractivity contribution in [2.75, 3.05) is 47.5 Å². The molecule has 0 aromatic carbocycles. The Kier molecular flexibility index (Phi) is 50.6. The third kappa shape index (κ3) is 54.3. The quantitative estimate of drug-likeness (QED) is 0.0211. The maximum Gasteiger partial charge on any atom is 0.361 e. The predicted molar refractivity (Wildman–Crippen MR) is 299 cm³/mol. The van der Waals surface area contributed by atoms with Crippen LogP contribution in [-0.4, -0.2) is 87.4 Å². The molecule has 0 radical (unpaired) electrons. The summed E-state index contributed by atoms with van der Waals surface area (Å²) in [6.45, 7) is 4.67. The largest absolute Gasteiger partial charge is 0.477 e. The SMILES string of the molecule is CC/C=C\C/C=C\C/C=C\C/C=C\CCC(=O)OC(COC(=O)CCCCCCCCCCCCCCCCCCCCCCC/C=C\C/C=C\CCCCCCC)COC(OCC[N+](C)(C)C)C(=O)O. The number of quaternary nitrogens is 1. The zero-order chi connectivity index (χ0) is 52.0. The summed E-state index contributed by atoms with van der Waals surface area (Å²) in [5.74, 6) is -2.11. The molecular weight excluding hydrogens is 887 g/mol. The standard InChI is InChI=1S/C62H109NO8/c1-6-8-10-12-14-16-18-20-21-22-23-24-25-26-27-28-29-30-31-32-33-34-35-36-37-38-39-41-42-44-46-48-50-52-59(64)69-56-58(57-70-62(61(66)67)68-55-54-63(3,4)5)71-60(65)53-51-49-47-45-43-40-19-17-15-13-11-9-7-2/h9,11,15,17-18,20,22-23,40,43,47,49,58,62H,6-8,10,12-14,16,19,21,24-39,41-42,44-46,48,50-57H2,1-5H3/p+1/b11-9-,17-15-,20-18-,23-22-,43-40-,49-47-. The molecule has 2 unspecified atom stereocenters. The first-order chi connectivity index (χ1) is 34.6. The van der Waals surface area contributed by atoms with Gasteiger partial charge in [-0.25, -0.2) is 4.79 Å². The minimum atomic E-state index is -1.53. The number of carboxylic acid groups (broad SMARTS) is 1. The lowest BCUT2D eigenvalue weighted by atomic mass is 10.0. The average molecular weight is 998 g/mol. The van der Waals surface area contributed by atoms with E-state index in [2.05, 4.69) is 74.6 Å². The van der Waals surface area contributed by atoms with Crippen LogP contribution in [0.4, 0.5) is 0 Å². The van der Waals surface area contributed by atoms with Crippen molar-refractivity contribution in [3.63, 3.8) is 0 Å². The fourth-order valence-corrected chi connectivity index (χ4v) is 8.00. The van der Waals surface area contributed by atoms with Gasteiger partial charge in [0.25, 0.3) is 6.29 Å². The molecule has 0 rings (SSSR count). The highest BCUT2D eigenvalue weighted by Gasteiger charge is 2.25. The molecule has 0 aromatic heterocycles. The molecule has 0 saturated carbocycles. The van der Waals surface area contributed by atoms with Gasteiger partial charge in [-0.3, -0.25) is 9.59 Å². The van der Waals surface area contributed by atoms with Crippen LogP contribution in [-0.2, 0) is 33.3 Å². The second-order valence-electron chi connectivity index (χ2n) is 20.6. The van der Waals surface area contributed by atoms with Gasteiger partial charge in [-0.1, -0.05) is 234 Å². The van der Waals surface area contributed by atoms with Gasteiger partial charge in [-0.15, -0.1) is 0 Å². The first-order valence-electron chi connectivity index (χ1n) is 29.1. The monoisotopic (exact) mass is 997 g/mol. The summed E-state index contributed by atoms with van der Waals surface area (Å²) in [4.78, 5) is 37.2. The van der Waals surface area contributed by atoms with Crippen LogP contribution in [0.3, 0.4) is 0 Å². The Morgan fingerprint density at radius 2 is 0.831 bits per heavy atom. The van der Waals surface area contributed by atoms with Crippen molar-refractivity contribution in [1.29, 1.82) is 0 Å².